The van der Waals surface area contributed by atoms with Gasteiger partial charge in [-0.2, -0.15) is 5.10 Å². The topological polar surface area (TPSA) is 69.6 Å². The first-order valence-electron chi connectivity index (χ1n) is 10.3. The number of hydrogen-bond acceptors (Lipinski definition) is 4. The Bertz CT molecular complexity index is 1210. The molecule has 30 heavy (non-hydrogen) atoms. The Morgan fingerprint density at radius 1 is 1.10 bits per heavy atom. The monoisotopic (exact) mass is 401 g/mol. The quantitative estimate of drug-likeness (QED) is 0.503. The van der Waals surface area contributed by atoms with Crippen molar-refractivity contribution in [3.05, 3.63) is 72.2 Å². The summed E-state index contributed by atoms with van der Waals surface area (Å²) < 4.78 is 14.8. The standard InChI is InChI=1S/C24H24FN5/c1-24(11-4-12-24)23(26)20-7-3-6-19(29-20)16-9-10-17-15-27-30(21(17)13-16)22-8-2-5-18(14-25)28-22/h2-3,5-10,13,15,23H,4,11-12,14,26H2,1H3/t23-/m1/s1. The number of halogens is 1. The summed E-state index contributed by atoms with van der Waals surface area (Å²) in [7, 11) is 0. The van der Waals surface area contributed by atoms with Gasteiger partial charge in [0, 0.05) is 10.9 Å². The highest BCUT2D eigenvalue weighted by Crippen LogP contribution is 2.48. The minimum Gasteiger partial charge on any atom is -0.322 e. The van der Waals surface area contributed by atoms with Crippen molar-refractivity contribution < 1.29 is 4.39 Å². The lowest BCUT2D eigenvalue weighted by atomic mass is 9.65. The van der Waals surface area contributed by atoms with Gasteiger partial charge >= 0.3 is 0 Å². The van der Waals surface area contributed by atoms with Crippen molar-refractivity contribution >= 4 is 10.9 Å². The molecule has 4 aromatic rings. The SMILES string of the molecule is CC1([C@H](N)c2cccc(-c3ccc4cnn(-c5cccc(CF)n5)c4c3)n2)CCC1. The van der Waals surface area contributed by atoms with Crippen molar-refractivity contribution in [2.24, 2.45) is 11.1 Å². The van der Waals surface area contributed by atoms with E-state index in [2.05, 4.69) is 23.1 Å². The fourth-order valence-electron chi connectivity index (χ4n) is 4.21. The highest BCUT2D eigenvalue weighted by atomic mass is 19.1. The Morgan fingerprint density at radius 2 is 1.93 bits per heavy atom. The molecule has 1 saturated carbocycles. The van der Waals surface area contributed by atoms with Crippen LogP contribution in [0.15, 0.2) is 60.8 Å². The maximum Gasteiger partial charge on any atom is 0.154 e. The summed E-state index contributed by atoms with van der Waals surface area (Å²) in [4.78, 5) is 9.25. The van der Waals surface area contributed by atoms with Crippen molar-refractivity contribution in [2.75, 3.05) is 0 Å². The van der Waals surface area contributed by atoms with Gasteiger partial charge in [-0.3, -0.25) is 4.98 Å². The largest absolute Gasteiger partial charge is 0.322 e. The van der Waals surface area contributed by atoms with Crippen LogP contribution >= 0.6 is 0 Å². The summed E-state index contributed by atoms with van der Waals surface area (Å²) in [6, 6.07) is 17.4. The van der Waals surface area contributed by atoms with Crippen LogP contribution in [0.2, 0.25) is 0 Å². The van der Waals surface area contributed by atoms with E-state index in [4.69, 9.17) is 10.7 Å². The molecule has 0 bridgehead atoms. The zero-order valence-corrected chi connectivity index (χ0v) is 16.9. The molecule has 3 heterocycles. The lowest BCUT2D eigenvalue weighted by Gasteiger charge is -2.43. The van der Waals surface area contributed by atoms with E-state index < -0.39 is 6.67 Å². The molecule has 0 saturated heterocycles. The van der Waals surface area contributed by atoms with Crippen LogP contribution in [0.1, 0.15) is 43.6 Å². The molecule has 3 aromatic heterocycles. The van der Waals surface area contributed by atoms with Gasteiger partial charge in [0.1, 0.15) is 6.67 Å². The van der Waals surface area contributed by atoms with E-state index in [1.807, 2.05) is 36.4 Å². The molecular formula is C24H24FN5. The molecule has 0 spiro atoms. The first-order chi connectivity index (χ1) is 14.6. The highest BCUT2D eigenvalue weighted by molar-refractivity contribution is 5.84. The fourth-order valence-corrected chi connectivity index (χ4v) is 4.21. The third kappa shape index (κ3) is 3.17. The average Bonchev–Trinajstić information content (AvgIpc) is 3.20. The minimum atomic E-state index is -0.603. The lowest BCUT2D eigenvalue weighted by Crippen LogP contribution is -2.38. The normalized spacial score (nSPS) is 16.4. The third-order valence-corrected chi connectivity index (χ3v) is 6.35. The molecule has 1 atom stereocenters. The zero-order valence-electron chi connectivity index (χ0n) is 16.9. The molecule has 152 valence electrons. The second-order valence-electron chi connectivity index (χ2n) is 8.38. The van der Waals surface area contributed by atoms with E-state index in [9.17, 15) is 4.39 Å². The molecule has 1 aliphatic carbocycles. The number of rotatable bonds is 5. The van der Waals surface area contributed by atoms with Crippen LogP contribution in [0.5, 0.6) is 0 Å². The van der Waals surface area contributed by atoms with E-state index in [0.717, 1.165) is 40.7 Å². The predicted molar refractivity (Wildman–Crippen MR) is 116 cm³/mol. The van der Waals surface area contributed by atoms with Gasteiger partial charge in [-0.05, 0) is 48.6 Å². The number of hydrogen-bond donors (Lipinski definition) is 1. The fraction of sp³-hybridized carbons (Fsp3) is 0.292. The Labute approximate surface area is 174 Å². The summed E-state index contributed by atoms with van der Waals surface area (Å²) in [5.41, 5.74) is 10.8. The molecule has 1 fully saturated rings. The number of pyridine rings is 2. The molecule has 5 nitrogen and oxygen atoms in total. The van der Waals surface area contributed by atoms with Crippen LogP contribution in [0.4, 0.5) is 4.39 Å². The maximum absolute atomic E-state index is 13.1. The Kier molecular flexibility index (Phi) is 4.59. The van der Waals surface area contributed by atoms with Crippen LogP contribution in [-0.4, -0.2) is 19.7 Å². The van der Waals surface area contributed by atoms with E-state index >= 15 is 0 Å². The molecule has 6 heteroatoms. The Hall–Kier alpha value is -3.12. The summed E-state index contributed by atoms with van der Waals surface area (Å²) in [6.07, 6.45) is 5.33. The van der Waals surface area contributed by atoms with Gasteiger partial charge in [0.2, 0.25) is 0 Å². The second-order valence-corrected chi connectivity index (χ2v) is 8.38. The summed E-state index contributed by atoms with van der Waals surface area (Å²) in [5, 5.41) is 5.45. The van der Waals surface area contributed by atoms with Crippen molar-refractivity contribution in [3.63, 3.8) is 0 Å². The first kappa shape index (κ1) is 18.9. The number of nitrogens with two attached hydrogens (primary N) is 1. The van der Waals surface area contributed by atoms with Crippen LogP contribution in [0, 0.1) is 5.41 Å². The van der Waals surface area contributed by atoms with E-state index in [0.29, 0.717) is 11.5 Å². The third-order valence-electron chi connectivity index (χ3n) is 6.35. The predicted octanol–water partition coefficient (Wildman–Crippen LogP) is 5.14. The van der Waals surface area contributed by atoms with Gasteiger partial charge < -0.3 is 5.73 Å². The van der Waals surface area contributed by atoms with Gasteiger partial charge in [-0.15, -0.1) is 0 Å². The van der Waals surface area contributed by atoms with Gasteiger partial charge in [-0.25, -0.2) is 14.1 Å². The maximum atomic E-state index is 13.1. The summed E-state index contributed by atoms with van der Waals surface area (Å²) in [6.45, 7) is 1.65. The summed E-state index contributed by atoms with van der Waals surface area (Å²) in [5.74, 6) is 0.596. The van der Waals surface area contributed by atoms with Gasteiger partial charge in [-0.1, -0.05) is 37.6 Å². The lowest BCUT2D eigenvalue weighted by molar-refractivity contribution is 0.117. The average molecular weight is 401 g/mol. The van der Waals surface area contributed by atoms with Crippen molar-refractivity contribution in [1.29, 1.82) is 0 Å². The van der Waals surface area contributed by atoms with Crippen LogP contribution < -0.4 is 5.73 Å². The molecule has 0 aliphatic heterocycles. The van der Waals surface area contributed by atoms with E-state index in [1.54, 1.807) is 23.0 Å². The Balaban J connectivity index is 1.55. The highest BCUT2D eigenvalue weighted by Gasteiger charge is 2.39. The van der Waals surface area contributed by atoms with Crippen LogP contribution in [-0.2, 0) is 6.67 Å². The number of benzene rings is 1. The van der Waals surface area contributed by atoms with E-state index in [-0.39, 0.29) is 11.5 Å². The first-order valence-corrected chi connectivity index (χ1v) is 10.3. The smallest absolute Gasteiger partial charge is 0.154 e. The van der Waals surface area contributed by atoms with Crippen molar-refractivity contribution in [1.82, 2.24) is 19.7 Å². The number of fused-ring (bicyclic) bond motifs is 1. The van der Waals surface area contributed by atoms with Gasteiger partial charge in [0.25, 0.3) is 0 Å². The summed E-state index contributed by atoms with van der Waals surface area (Å²) >= 11 is 0. The van der Waals surface area contributed by atoms with Crippen molar-refractivity contribution in [3.8, 4) is 17.1 Å². The minimum absolute atomic E-state index is 0.0619. The molecular weight excluding hydrogens is 377 g/mol. The number of nitrogens with zero attached hydrogens (tertiary/aromatic N) is 4. The number of alkyl halides is 1. The molecule has 1 aromatic carbocycles. The molecule has 1 aliphatic rings. The molecule has 0 radical (unpaired) electrons. The van der Waals surface area contributed by atoms with Crippen LogP contribution in [0.3, 0.4) is 0 Å². The molecule has 0 amide bonds. The zero-order chi connectivity index (χ0) is 20.7. The van der Waals surface area contributed by atoms with Gasteiger partial charge in [0.15, 0.2) is 5.82 Å². The Morgan fingerprint density at radius 3 is 2.70 bits per heavy atom. The van der Waals surface area contributed by atoms with Crippen LogP contribution in [0.25, 0.3) is 28.0 Å². The second kappa shape index (κ2) is 7.29. The number of aromatic nitrogens is 4. The van der Waals surface area contributed by atoms with Gasteiger partial charge in [0.05, 0.1) is 34.8 Å². The molecule has 5 rings (SSSR count). The van der Waals surface area contributed by atoms with E-state index in [1.165, 1.54) is 6.42 Å². The van der Waals surface area contributed by atoms with Crippen molar-refractivity contribution in [2.45, 2.75) is 38.9 Å². The molecule has 0 unspecified atom stereocenters. The molecule has 2 N–H and O–H groups in total.